The Morgan fingerprint density at radius 1 is 1.32 bits per heavy atom. The number of nitrogens with one attached hydrogen (secondary N) is 1. The van der Waals surface area contributed by atoms with Gasteiger partial charge in [0.15, 0.2) is 0 Å². The Morgan fingerprint density at radius 2 is 2.11 bits per heavy atom. The summed E-state index contributed by atoms with van der Waals surface area (Å²) in [6.45, 7) is 8.83. The highest BCUT2D eigenvalue weighted by molar-refractivity contribution is 5.39. The van der Waals surface area contributed by atoms with Crippen LogP contribution in [0.4, 0.5) is 0 Å². The second kappa shape index (κ2) is 6.95. The first-order valence-electron chi connectivity index (χ1n) is 7.71. The van der Waals surface area contributed by atoms with Crippen LogP contribution in [0.5, 0.6) is 5.75 Å². The molecule has 3 atom stereocenters. The third-order valence-corrected chi connectivity index (χ3v) is 4.33. The molecule has 1 aliphatic rings. The van der Waals surface area contributed by atoms with E-state index in [1.54, 1.807) is 0 Å². The van der Waals surface area contributed by atoms with Crippen LogP contribution in [0, 0.1) is 5.92 Å². The summed E-state index contributed by atoms with van der Waals surface area (Å²) >= 11 is 0. The van der Waals surface area contributed by atoms with Crippen LogP contribution in [0.3, 0.4) is 0 Å². The van der Waals surface area contributed by atoms with Crippen molar-refractivity contribution >= 4 is 0 Å². The van der Waals surface area contributed by atoms with Gasteiger partial charge in [-0.05, 0) is 38.3 Å². The zero-order valence-electron chi connectivity index (χ0n) is 12.5. The van der Waals surface area contributed by atoms with Crippen LogP contribution in [-0.2, 0) is 0 Å². The van der Waals surface area contributed by atoms with E-state index >= 15 is 0 Å². The van der Waals surface area contributed by atoms with Crippen LogP contribution >= 0.6 is 0 Å². The van der Waals surface area contributed by atoms with Gasteiger partial charge in [0.2, 0.25) is 0 Å². The van der Waals surface area contributed by atoms with E-state index in [-0.39, 0.29) is 0 Å². The average Bonchev–Trinajstić information content (AvgIpc) is 2.85. The number of hydrogen-bond donors (Lipinski definition) is 1. The van der Waals surface area contributed by atoms with E-state index < -0.39 is 0 Å². The summed E-state index contributed by atoms with van der Waals surface area (Å²) in [5.74, 6) is 2.40. The number of ether oxygens (including phenoxy) is 1. The topological polar surface area (TPSA) is 21.3 Å². The molecule has 0 bridgehead atoms. The lowest BCUT2D eigenvalue weighted by molar-refractivity contribution is 0.276. The quantitative estimate of drug-likeness (QED) is 0.802. The molecule has 1 heterocycles. The third kappa shape index (κ3) is 3.50. The molecule has 0 aliphatic carbocycles. The molecule has 0 radical (unpaired) electrons. The highest BCUT2D eigenvalue weighted by Gasteiger charge is 2.27. The van der Waals surface area contributed by atoms with Crippen LogP contribution in [0.2, 0.25) is 0 Å². The van der Waals surface area contributed by atoms with Crippen molar-refractivity contribution in [2.75, 3.05) is 13.2 Å². The highest BCUT2D eigenvalue weighted by Crippen LogP contribution is 2.38. The number of para-hydroxylation sites is 1. The minimum absolute atomic E-state index is 0.576. The monoisotopic (exact) mass is 261 g/mol. The maximum Gasteiger partial charge on any atom is 0.122 e. The van der Waals surface area contributed by atoms with Gasteiger partial charge < -0.3 is 10.1 Å². The van der Waals surface area contributed by atoms with E-state index in [4.69, 9.17) is 4.74 Å². The summed E-state index contributed by atoms with van der Waals surface area (Å²) in [7, 11) is 0. The summed E-state index contributed by atoms with van der Waals surface area (Å²) in [6.07, 6.45) is 3.66. The summed E-state index contributed by atoms with van der Waals surface area (Å²) in [4.78, 5) is 0. The molecule has 0 spiro atoms. The molecule has 0 saturated carbocycles. The third-order valence-electron chi connectivity index (χ3n) is 4.33. The first kappa shape index (κ1) is 14.4. The predicted molar refractivity (Wildman–Crippen MR) is 80.8 cm³/mol. The van der Waals surface area contributed by atoms with Crippen molar-refractivity contribution in [2.24, 2.45) is 5.92 Å². The van der Waals surface area contributed by atoms with Crippen molar-refractivity contribution in [1.29, 1.82) is 0 Å². The largest absolute Gasteiger partial charge is 0.493 e. The van der Waals surface area contributed by atoms with E-state index in [2.05, 4.69) is 50.4 Å². The Hall–Kier alpha value is -1.02. The minimum atomic E-state index is 0.576. The van der Waals surface area contributed by atoms with Crippen LogP contribution < -0.4 is 10.1 Å². The molecule has 0 aromatic heterocycles. The molecule has 3 unspecified atom stereocenters. The SMILES string of the molecule is CCCNC(C)C(CC)CC1COc2ccccc21. The normalized spacial score (nSPS) is 20.7. The van der Waals surface area contributed by atoms with Gasteiger partial charge in [-0.1, -0.05) is 38.5 Å². The molecule has 2 heteroatoms. The van der Waals surface area contributed by atoms with Crippen LogP contribution in [0.15, 0.2) is 24.3 Å². The van der Waals surface area contributed by atoms with Gasteiger partial charge in [0.1, 0.15) is 5.75 Å². The molecule has 0 fully saturated rings. The second-order valence-electron chi connectivity index (χ2n) is 5.69. The molecule has 106 valence electrons. The molecule has 2 nitrogen and oxygen atoms in total. The van der Waals surface area contributed by atoms with Gasteiger partial charge >= 0.3 is 0 Å². The maximum absolute atomic E-state index is 5.80. The first-order valence-corrected chi connectivity index (χ1v) is 7.71. The van der Waals surface area contributed by atoms with E-state index in [1.807, 2.05) is 0 Å². The fourth-order valence-corrected chi connectivity index (χ4v) is 3.05. The van der Waals surface area contributed by atoms with Crippen molar-refractivity contribution in [1.82, 2.24) is 5.32 Å². The predicted octanol–water partition coefficient (Wildman–Crippen LogP) is 3.97. The maximum atomic E-state index is 5.80. The van der Waals surface area contributed by atoms with Crippen molar-refractivity contribution in [3.8, 4) is 5.75 Å². The van der Waals surface area contributed by atoms with Gasteiger partial charge in [-0.3, -0.25) is 0 Å². The summed E-state index contributed by atoms with van der Waals surface area (Å²) < 4.78 is 5.80. The molecule has 1 aromatic rings. The Bertz CT molecular complexity index is 391. The minimum Gasteiger partial charge on any atom is -0.493 e. The first-order chi connectivity index (χ1) is 9.26. The molecule has 0 amide bonds. The highest BCUT2D eigenvalue weighted by atomic mass is 16.5. The molecule has 2 rings (SSSR count). The Kier molecular flexibility index (Phi) is 5.26. The molecule has 0 saturated heterocycles. The standard InChI is InChI=1S/C17H27NO/c1-4-10-18-13(3)14(5-2)11-15-12-19-17-9-7-6-8-16(15)17/h6-9,13-15,18H,4-5,10-12H2,1-3H3. The summed E-state index contributed by atoms with van der Waals surface area (Å²) in [5.41, 5.74) is 1.41. The Balaban J connectivity index is 1.96. The lowest BCUT2D eigenvalue weighted by Gasteiger charge is -2.26. The number of fused-ring (bicyclic) bond motifs is 1. The number of hydrogen-bond acceptors (Lipinski definition) is 2. The molecule has 1 N–H and O–H groups in total. The van der Waals surface area contributed by atoms with Gasteiger partial charge in [0.05, 0.1) is 6.61 Å². The van der Waals surface area contributed by atoms with E-state index in [0.29, 0.717) is 12.0 Å². The van der Waals surface area contributed by atoms with Gasteiger partial charge in [-0.15, -0.1) is 0 Å². The average molecular weight is 261 g/mol. The summed E-state index contributed by atoms with van der Waals surface area (Å²) in [5, 5.41) is 3.64. The van der Waals surface area contributed by atoms with E-state index in [1.165, 1.54) is 24.8 Å². The second-order valence-corrected chi connectivity index (χ2v) is 5.69. The van der Waals surface area contributed by atoms with Gasteiger partial charge in [-0.2, -0.15) is 0 Å². The van der Waals surface area contributed by atoms with Crippen molar-refractivity contribution in [3.63, 3.8) is 0 Å². The molecule has 1 aliphatic heterocycles. The lowest BCUT2D eigenvalue weighted by Crippen LogP contribution is -2.34. The van der Waals surface area contributed by atoms with Gasteiger partial charge in [-0.25, -0.2) is 0 Å². The van der Waals surface area contributed by atoms with Crippen LogP contribution in [0.25, 0.3) is 0 Å². The van der Waals surface area contributed by atoms with Crippen molar-refractivity contribution in [2.45, 2.75) is 52.0 Å². The molecular weight excluding hydrogens is 234 g/mol. The number of benzene rings is 1. The molecule has 19 heavy (non-hydrogen) atoms. The Morgan fingerprint density at radius 3 is 2.84 bits per heavy atom. The van der Waals surface area contributed by atoms with Crippen molar-refractivity contribution in [3.05, 3.63) is 29.8 Å². The smallest absolute Gasteiger partial charge is 0.122 e. The van der Waals surface area contributed by atoms with E-state index in [0.717, 1.165) is 24.8 Å². The van der Waals surface area contributed by atoms with Gasteiger partial charge in [0.25, 0.3) is 0 Å². The summed E-state index contributed by atoms with van der Waals surface area (Å²) in [6, 6.07) is 9.10. The number of rotatable bonds is 7. The fraction of sp³-hybridized carbons (Fsp3) is 0.647. The van der Waals surface area contributed by atoms with Crippen molar-refractivity contribution < 1.29 is 4.74 Å². The lowest BCUT2D eigenvalue weighted by atomic mass is 9.85. The van der Waals surface area contributed by atoms with Crippen LogP contribution in [0.1, 0.15) is 51.5 Å². The molecule has 1 aromatic carbocycles. The zero-order chi connectivity index (χ0) is 13.7. The van der Waals surface area contributed by atoms with E-state index in [9.17, 15) is 0 Å². The molecular formula is C17H27NO. The van der Waals surface area contributed by atoms with Crippen LogP contribution in [-0.4, -0.2) is 19.2 Å². The zero-order valence-corrected chi connectivity index (χ0v) is 12.5. The fourth-order valence-electron chi connectivity index (χ4n) is 3.05. The Labute approximate surface area is 117 Å². The van der Waals surface area contributed by atoms with Gasteiger partial charge in [0, 0.05) is 17.5 Å².